The first-order valence-electron chi connectivity index (χ1n) is 7.28. The highest BCUT2D eigenvalue weighted by atomic mass is 16.5. The van der Waals surface area contributed by atoms with Gasteiger partial charge in [-0.05, 0) is 31.4 Å². The Morgan fingerprint density at radius 3 is 2.40 bits per heavy atom. The fourth-order valence-electron chi connectivity index (χ4n) is 2.30. The minimum Gasteiger partial charge on any atom is -0.497 e. The van der Waals surface area contributed by atoms with E-state index in [-0.39, 0.29) is 11.4 Å². The molecule has 0 aliphatic heterocycles. The summed E-state index contributed by atoms with van der Waals surface area (Å²) in [6, 6.07) is 7.37. The Labute approximate surface area is 121 Å². The number of carbonyl (C=O) groups excluding carboxylic acids is 1. The van der Waals surface area contributed by atoms with Crippen molar-refractivity contribution in [3.63, 3.8) is 0 Å². The molecule has 0 bridgehead atoms. The third-order valence-corrected chi connectivity index (χ3v) is 4.01. The third-order valence-electron chi connectivity index (χ3n) is 4.01. The summed E-state index contributed by atoms with van der Waals surface area (Å²) in [5, 5.41) is 6.27. The normalized spacial score (nSPS) is 11.2. The summed E-state index contributed by atoms with van der Waals surface area (Å²) in [5.41, 5.74) is 0.817. The second kappa shape index (κ2) is 7.90. The third kappa shape index (κ3) is 4.53. The van der Waals surface area contributed by atoms with Crippen molar-refractivity contribution in [3.05, 3.63) is 24.3 Å². The van der Waals surface area contributed by atoms with Crippen LogP contribution in [-0.2, 0) is 4.79 Å². The lowest BCUT2D eigenvalue weighted by Crippen LogP contribution is -2.47. The molecule has 20 heavy (non-hydrogen) atoms. The minimum atomic E-state index is -0.0296. The van der Waals surface area contributed by atoms with Crippen LogP contribution in [0.4, 0.5) is 5.69 Å². The first-order valence-corrected chi connectivity index (χ1v) is 7.28. The average Bonchev–Trinajstić information content (AvgIpc) is 2.49. The lowest BCUT2D eigenvalue weighted by Gasteiger charge is -2.31. The van der Waals surface area contributed by atoms with Gasteiger partial charge in [-0.2, -0.15) is 0 Å². The van der Waals surface area contributed by atoms with Crippen LogP contribution in [0.1, 0.15) is 40.0 Å². The largest absolute Gasteiger partial charge is 0.497 e. The Bertz CT molecular complexity index is 420. The fraction of sp³-hybridized carbons (Fsp3) is 0.562. The van der Waals surface area contributed by atoms with Crippen LogP contribution >= 0.6 is 0 Å². The zero-order chi connectivity index (χ0) is 15.0. The van der Waals surface area contributed by atoms with E-state index in [1.165, 1.54) is 0 Å². The molecule has 2 N–H and O–H groups in total. The van der Waals surface area contributed by atoms with Gasteiger partial charge in [-0.3, -0.25) is 4.79 Å². The average molecular weight is 278 g/mol. The molecule has 0 unspecified atom stereocenters. The number of anilines is 1. The molecule has 0 spiro atoms. The number of ether oxygens (including phenoxy) is 1. The van der Waals surface area contributed by atoms with Crippen molar-refractivity contribution in [3.8, 4) is 5.75 Å². The quantitative estimate of drug-likeness (QED) is 0.768. The van der Waals surface area contributed by atoms with Gasteiger partial charge < -0.3 is 15.4 Å². The van der Waals surface area contributed by atoms with Crippen molar-refractivity contribution in [2.75, 3.05) is 19.0 Å². The molecule has 0 atom stereocenters. The van der Waals surface area contributed by atoms with E-state index in [0.717, 1.165) is 30.7 Å². The summed E-state index contributed by atoms with van der Waals surface area (Å²) < 4.78 is 5.14. The van der Waals surface area contributed by atoms with Crippen molar-refractivity contribution in [2.24, 2.45) is 0 Å². The van der Waals surface area contributed by atoms with E-state index in [9.17, 15) is 4.79 Å². The maximum absolute atomic E-state index is 12.0. The summed E-state index contributed by atoms with van der Waals surface area (Å²) in [5.74, 6) is 0.707. The van der Waals surface area contributed by atoms with Crippen molar-refractivity contribution < 1.29 is 9.53 Å². The molecule has 0 saturated heterocycles. The molecule has 4 nitrogen and oxygen atoms in total. The Morgan fingerprint density at radius 1 is 1.20 bits per heavy atom. The molecule has 0 aromatic heterocycles. The molecular formula is C16H26N2O2. The first-order chi connectivity index (χ1) is 9.59. The predicted molar refractivity (Wildman–Crippen MR) is 83.2 cm³/mol. The zero-order valence-corrected chi connectivity index (χ0v) is 13.0. The van der Waals surface area contributed by atoms with Gasteiger partial charge in [0.05, 0.1) is 13.7 Å². The van der Waals surface area contributed by atoms with Crippen molar-refractivity contribution in [1.29, 1.82) is 0 Å². The molecule has 4 heteroatoms. The lowest BCUT2D eigenvalue weighted by molar-refractivity contribution is -0.115. The van der Waals surface area contributed by atoms with Crippen molar-refractivity contribution >= 4 is 11.6 Å². The van der Waals surface area contributed by atoms with Gasteiger partial charge >= 0.3 is 0 Å². The van der Waals surface area contributed by atoms with Gasteiger partial charge in [0.25, 0.3) is 0 Å². The van der Waals surface area contributed by atoms with E-state index in [1.54, 1.807) is 7.11 Å². The molecule has 1 aromatic carbocycles. The molecule has 0 aliphatic carbocycles. The Kier molecular flexibility index (Phi) is 6.52. The summed E-state index contributed by atoms with van der Waals surface area (Å²) in [6.45, 7) is 6.78. The lowest BCUT2D eigenvalue weighted by atomic mass is 9.90. The van der Waals surface area contributed by atoms with Crippen LogP contribution in [0.25, 0.3) is 0 Å². The molecule has 0 radical (unpaired) electrons. The summed E-state index contributed by atoms with van der Waals surface area (Å²) in [4.78, 5) is 12.0. The highest BCUT2D eigenvalue weighted by Gasteiger charge is 2.23. The highest BCUT2D eigenvalue weighted by molar-refractivity contribution is 5.92. The molecule has 1 amide bonds. The second-order valence-electron chi connectivity index (χ2n) is 4.97. The maximum Gasteiger partial charge on any atom is 0.238 e. The van der Waals surface area contributed by atoms with E-state index in [4.69, 9.17) is 4.74 Å². The number of methoxy groups -OCH3 is 1. The SMILES string of the molecule is CCC(CC)(CC)NCC(=O)Nc1cccc(OC)c1. The molecular weight excluding hydrogens is 252 g/mol. The first kappa shape index (κ1) is 16.5. The van der Waals surface area contributed by atoms with Gasteiger partial charge in [0.2, 0.25) is 5.91 Å². The molecule has 0 saturated carbocycles. The number of hydrogen-bond acceptors (Lipinski definition) is 3. The van der Waals surface area contributed by atoms with Gasteiger partial charge in [-0.1, -0.05) is 26.8 Å². The van der Waals surface area contributed by atoms with Crippen LogP contribution in [0.5, 0.6) is 5.75 Å². The summed E-state index contributed by atoms with van der Waals surface area (Å²) in [6.07, 6.45) is 3.06. The van der Waals surface area contributed by atoms with E-state index < -0.39 is 0 Å². The number of carbonyl (C=O) groups is 1. The fourth-order valence-corrected chi connectivity index (χ4v) is 2.30. The van der Waals surface area contributed by atoms with Gasteiger partial charge in [-0.25, -0.2) is 0 Å². The maximum atomic E-state index is 12.0. The summed E-state index contributed by atoms with van der Waals surface area (Å²) >= 11 is 0. The van der Waals surface area contributed by atoms with E-state index in [0.29, 0.717) is 6.54 Å². The predicted octanol–water partition coefficient (Wildman–Crippen LogP) is 3.19. The van der Waals surface area contributed by atoms with E-state index >= 15 is 0 Å². The Hall–Kier alpha value is -1.55. The molecule has 0 heterocycles. The van der Waals surface area contributed by atoms with Gasteiger partial charge in [0.15, 0.2) is 0 Å². The van der Waals surface area contributed by atoms with E-state index in [1.807, 2.05) is 24.3 Å². The molecule has 0 fully saturated rings. The van der Waals surface area contributed by atoms with Crippen molar-refractivity contribution in [2.45, 2.75) is 45.6 Å². The van der Waals surface area contributed by atoms with Crippen LogP contribution in [0.2, 0.25) is 0 Å². The van der Waals surface area contributed by atoms with Crippen LogP contribution in [0.3, 0.4) is 0 Å². The standard InChI is InChI=1S/C16H26N2O2/c1-5-16(6-2,7-3)17-12-15(19)18-13-9-8-10-14(11-13)20-4/h8-11,17H,5-7,12H2,1-4H3,(H,18,19). The van der Waals surface area contributed by atoms with Crippen LogP contribution in [0, 0.1) is 0 Å². The van der Waals surface area contributed by atoms with Gasteiger partial charge in [0.1, 0.15) is 5.75 Å². The van der Waals surface area contributed by atoms with Crippen LogP contribution in [0.15, 0.2) is 24.3 Å². The van der Waals surface area contributed by atoms with Crippen molar-refractivity contribution in [1.82, 2.24) is 5.32 Å². The monoisotopic (exact) mass is 278 g/mol. The number of hydrogen-bond donors (Lipinski definition) is 2. The molecule has 1 aromatic rings. The van der Waals surface area contributed by atoms with Crippen LogP contribution < -0.4 is 15.4 Å². The summed E-state index contributed by atoms with van der Waals surface area (Å²) in [7, 11) is 1.61. The van der Waals surface area contributed by atoms with Crippen LogP contribution in [-0.4, -0.2) is 25.1 Å². The van der Waals surface area contributed by atoms with E-state index in [2.05, 4.69) is 31.4 Å². The topological polar surface area (TPSA) is 50.4 Å². The number of benzene rings is 1. The molecule has 0 aliphatic rings. The second-order valence-corrected chi connectivity index (χ2v) is 4.97. The smallest absolute Gasteiger partial charge is 0.238 e. The number of nitrogens with one attached hydrogen (secondary N) is 2. The number of rotatable bonds is 8. The van der Waals surface area contributed by atoms with Gasteiger partial charge in [0, 0.05) is 17.3 Å². The number of amides is 1. The Morgan fingerprint density at radius 2 is 1.85 bits per heavy atom. The molecule has 112 valence electrons. The zero-order valence-electron chi connectivity index (χ0n) is 13.0. The minimum absolute atomic E-state index is 0.0296. The highest BCUT2D eigenvalue weighted by Crippen LogP contribution is 2.19. The van der Waals surface area contributed by atoms with Gasteiger partial charge in [-0.15, -0.1) is 0 Å². The molecule has 1 rings (SSSR count). The Balaban J connectivity index is 2.55.